The van der Waals surface area contributed by atoms with Gasteiger partial charge in [-0.1, -0.05) is 38.1 Å². The van der Waals surface area contributed by atoms with Gasteiger partial charge in [0.05, 0.1) is 25.9 Å². The topological polar surface area (TPSA) is 55.4 Å². The average Bonchev–Trinajstić information content (AvgIpc) is 3.14. The first-order chi connectivity index (χ1) is 14.9. The monoisotopic (exact) mass is 532 g/mol. The molecule has 3 rings (SSSR count). The molecule has 0 saturated carbocycles. The van der Waals surface area contributed by atoms with Crippen molar-refractivity contribution in [2.24, 2.45) is 0 Å². The van der Waals surface area contributed by atoms with Gasteiger partial charge in [-0.05, 0) is 49.1 Å². The van der Waals surface area contributed by atoms with Crippen LogP contribution >= 0.6 is 11.3 Å². The van der Waals surface area contributed by atoms with Crippen LogP contribution in [0.25, 0.3) is 0 Å². The van der Waals surface area contributed by atoms with E-state index in [1.54, 1.807) is 0 Å². The van der Waals surface area contributed by atoms with Crippen LogP contribution in [0.15, 0.2) is 29.6 Å². The van der Waals surface area contributed by atoms with Crippen LogP contribution in [0, 0.1) is 6.92 Å². The fourth-order valence-corrected chi connectivity index (χ4v) is 5.83. The molecule has 7 heteroatoms. The van der Waals surface area contributed by atoms with E-state index >= 15 is 0 Å². The second kappa shape index (κ2) is 12.4. The van der Waals surface area contributed by atoms with Gasteiger partial charge in [-0.15, -0.1) is 11.3 Å². The van der Waals surface area contributed by atoms with Crippen LogP contribution < -0.4 is 5.32 Å². The van der Waals surface area contributed by atoms with Crippen molar-refractivity contribution < 1.29 is 51.5 Å². The average molecular weight is 533 g/mol. The van der Waals surface area contributed by atoms with Crippen molar-refractivity contribution in [2.45, 2.75) is 65.5 Å². The van der Waals surface area contributed by atoms with E-state index in [-0.39, 0.29) is 44.7 Å². The molecule has 1 aliphatic heterocycles. The first-order valence-corrected chi connectivity index (χ1v) is 12.2. The van der Waals surface area contributed by atoms with Crippen LogP contribution in [0.5, 0.6) is 0 Å². The summed E-state index contributed by atoms with van der Waals surface area (Å²) in [6, 6.07) is 8.62. The van der Waals surface area contributed by atoms with Crippen molar-refractivity contribution in [1.29, 1.82) is 0 Å². The fraction of sp³-hybridized carbons (Fsp3) is 0.520. The molecule has 5 nitrogen and oxygen atoms in total. The Morgan fingerprint density at radius 1 is 1.16 bits per heavy atom. The summed E-state index contributed by atoms with van der Waals surface area (Å²) in [7, 11) is 1.37. The SMILES string of the molecule is CCc1cccc(C[N+]2(C(CC)C(=O)Nc3c(C)csc3C(=O)OC)CCCCC2)c1.[Y]. The number of aryl methyl sites for hydroxylation is 2. The summed E-state index contributed by atoms with van der Waals surface area (Å²) in [5, 5.41) is 5.00. The number of methoxy groups -OCH3 is 1. The predicted molar refractivity (Wildman–Crippen MR) is 126 cm³/mol. The van der Waals surface area contributed by atoms with E-state index in [2.05, 4.69) is 43.4 Å². The summed E-state index contributed by atoms with van der Waals surface area (Å²) in [6.07, 6.45) is 5.28. The molecule has 1 saturated heterocycles. The summed E-state index contributed by atoms with van der Waals surface area (Å²) >= 11 is 1.32. The molecular formula is C25H35N2O3SY+. The molecule has 1 amide bonds. The maximum atomic E-state index is 13.6. The van der Waals surface area contributed by atoms with Gasteiger partial charge in [0, 0.05) is 44.7 Å². The zero-order valence-corrected chi connectivity index (χ0v) is 23.4. The molecule has 1 atom stereocenters. The van der Waals surface area contributed by atoms with E-state index in [9.17, 15) is 9.59 Å². The maximum Gasteiger partial charge on any atom is 0.350 e. The normalized spacial score (nSPS) is 16.0. The van der Waals surface area contributed by atoms with Gasteiger partial charge in [-0.3, -0.25) is 4.79 Å². The Balaban J connectivity index is 0.00000363. The second-order valence-corrected chi connectivity index (χ2v) is 9.47. The Morgan fingerprint density at radius 2 is 1.84 bits per heavy atom. The molecule has 2 aromatic rings. The number of piperidine rings is 1. The Morgan fingerprint density at radius 3 is 2.47 bits per heavy atom. The van der Waals surface area contributed by atoms with Crippen LogP contribution in [-0.4, -0.2) is 42.6 Å². The number of anilines is 1. The van der Waals surface area contributed by atoms with Gasteiger partial charge in [0.25, 0.3) is 5.91 Å². The molecule has 171 valence electrons. The second-order valence-electron chi connectivity index (χ2n) is 8.59. The van der Waals surface area contributed by atoms with Crippen LogP contribution in [0.4, 0.5) is 5.69 Å². The Labute approximate surface area is 221 Å². The molecule has 0 aliphatic carbocycles. The minimum Gasteiger partial charge on any atom is -0.465 e. The molecule has 0 spiro atoms. The number of quaternary nitrogens is 1. The molecule has 1 aromatic heterocycles. The van der Waals surface area contributed by atoms with Gasteiger partial charge >= 0.3 is 5.97 Å². The van der Waals surface area contributed by atoms with Crippen LogP contribution in [-0.2, 0) is 55.2 Å². The summed E-state index contributed by atoms with van der Waals surface area (Å²) in [5.74, 6) is -0.401. The first kappa shape index (κ1) is 27.2. The number of ether oxygens (including phenoxy) is 1. The molecule has 1 radical (unpaired) electrons. The quantitative estimate of drug-likeness (QED) is 0.370. The first-order valence-electron chi connectivity index (χ1n) is 11.3. The van der Waals surface area contributed by atoms with Crippen molar-refractivity contribution in [3.63, 3.8) is 0 Å². The number of carbonyl (C=O) groups is 2. The number of likely N-dealkylation sites (tertiary alicyclic amines) is 1. The zero-order valence-electron chi connectivity index (χ0n) is 19.8. The van der Waals surface area contributed by atoms with Crippen molar-refractivity contribution >= 4 is 28.9 Å². The number of rotatable bonds is 8. The van der Waals surface area contributed by atoms with E-state index in [1.807, 2.05) is 12.3 Å². The minimum absolute atomic E-state index is 0. The zero-order chi connectivity index (χ0) is 22.4. The number of thiophene rings is 1. The molecule has 32 heavy (non-hydrogen) atoms. The van der Waals surface area contributed by atoms with Crippen molar-refractivity contribution in [3.8, 4) is 0 Å². The fourth-order valence-electron chi connectivity index (χ4n) is 4.90. The number of benzene rings is 1. The van der Waals surface area contributed by atoms with E-state index in [0.29, 0.717) is 10.6 Å². The van der Waals surface area contributed by atoms with E-state index in [1.165, 1.54) is 36.0 Å². The predicted octanol–water partition coefficient (Wildman–Crippen LogP) is 5.32. The number of carbonyl (C=O) groups excluding carboxylic acids is 2. The third-order valence-electron chi connectivity index (χ3n) is 6.55. The number of nitrogens with zero attached hydrogens (tertiary/aromatic N) is 1. The smallest absolute Gasteiger partial charge is 0.350 e. The largest absolute Gasteiger partial charge is 0.465 e. The standard InChI is InChI=1S/C25H34N2O3S.Y/c1-5-19-11-10-12-20(15-19)16-27(13-8-7-9-14-27)21(6-2)24(28)26-22-18(3)17-31-23(22)25(29)30-4;/h10-12,15,17,21H,5-9,13-14,16H2,1-4H3;/p+1. The number of nitrogens with one attached hydrogen (secondary N) is 1. The number of amides is 1. The molecular weight excluding hydrogens is 497 g/mol. The molecule has 1 unspecified atom stereocenters. The van der Waals surface area contributed by atoms with E-state index < -0.39 is 5.97 Å². The van der Waals surface area contributed by atoms with Crippen molar-refractivity contribution in [3.05, 3.63) is 51.2 Å². The van der Waals surface area contributed by atoms with Crippen molar-refractivity contribution in [1.82, 2.24) is 0 Å². The van der Waals surface area contributed by atoms with E-state index in [4.69, 9.17) is 4.74 Å². The van der Waals surface area contributed by atoms with Gasteiger partial charge in [0.15, 0.2) is 6.04 Å². The number of hydrogen-bond acceptors (Lipinski definition) is 4. The van der Waals surface area contributed by atoms with Gasteiger partial charge < -0.3 is 14.5 Å². The molecule has 1 fully saturated rings. The van der Waals surface area contributed by atoms with Gasteiger partial charge in [0.1, 0.15) is 11.4 Å². The van der Waals surface area contributed by atoms with Gasteiger partial charge in [0.2, 0.25) is 0 Å². The molecule has 1 aliphatic rings. The van der Waals surface area contributed by atoms with Crippen LogP contribution in [0.3, 0.4) is 0 Å². The molecule has 1 N–H and O–H groups in total. The Bertz CT molecular complexity index is 922. The summed E-state index contributed by atoms with van der Waals surface area (Å²) in [5.41, 5.74) is 4.13. The van der Waals surface area contributed by atoms with Crippen molar-refractivity contribution in [2.75, 3.05) is 25.5 Å². The van der Waals surface area contributed by atoms with E-state index in [0.717, 1.165) is 55.4 Å². The van der Waals surface area contributed by atoms with Gasteiger partial charge in [-0.25, -0.2) is 4.79 Å². The Hall–Kier alpha value is -1.08. The summed E-state index contributed by atoms with van der Waals surface area (Å²) in [6.45, 7) is 9.08. The summed E-state index contributed by atoms with van der Waals surface area (Å²) < 4.78 is 5.70. The maximum absolute atomic E-state index is 13.6. The minimum atomic E-state index is -0.403. The van der Waals surface area contributed by atoms with Gasteiger partial charge in [-0.2, -0.15) is 0 Å². The third-order valence-corrected chi connectivity index (χ3v) is 7.63. The Kier molecular flexibility index (Phi) is 10.5. The number of esters is 1. The molecule has 0 bridgehead atoms. The third kappa shape index (κ3) is 6.08. The molecule has 2 heterocycles. The van der Waals surface area contributed by atoms with Crippen LogP contribution in [0.1, 0.15) is 65.9 Å². The number of hydrogen-bond donors (Lipinski definition) is 1. The summed E-state index contributed by atoms with van der Waals surface area (Å²) in [4.78, 5) is 26.2. The van der Waals surface area contributed by atoms with Crippen LogP contribution in [0.2, 0.25) is 0 Å². The molecule has 1 aromatic carbocycles.